The lowest BCUT2D eigenvalue weighted by molar-refractivity contribution is 0.130. The molecule has 0 bridgehead atoms. The molecule has 0 aliphatic carbocycles. The summed E-state index contributed by atoms with van der Waals surface area (Å²) in [5.41, 5.74) is 5.65. The van der Waals surface area contributed by atoms with E-state index in [1.807, 2.05) is 6.92 Å². The molecule has 2 heteroatoms. The minimum atomic E-state index is -0.286. The van der Waals surface area contributed by atoms with E-state index in [0.29, 0.717) is 0 Å². The summed E-state index contributed by atoms with van der Waals surface area (Å²) in [7, 11) is 0. The molecule has 3 N–H and O–H groups in total. The van der Waals surface area contributed by atoms with Gasteiger partial charge in [0.05, 0.1) is 6.10 Å². The summed E-state index contributed by atoms with van der Waals surface area (Å²) in [6.45, 7) is 4.17. The zero-order valence-corrected chi connectivity index (χ0v) is 7.71. The molecule has 0 aromatic rings. The fraction of sp³-hybridized carbons (Fsp3) is 1.00. The van der Waals surface area contributed by atoms with Gasteiger partial charge in [-0.15, -0.1) is 0 Å². The van der Waals surface area contributed by atoms with Gasteiger partial charge in [0.1, 0.15) is 0 Å². The van der Waals surface area contributed by atoms with Crippen LogP contribution in [0, 0.1) is 0 Å². The van der Waals surface area contributed by atoms with Crippen LogP contribution in [0.5, 0.6) is 0 Å². The molecule has 0 rings (SSSR count). The highest BCUT2D eigenvalue weighted by atomic mass is 16.3. The predicted molar refractivity (Wildman–Crippen MR) is 48.4 cm³/mol. The van der Waals surface area contributed by atoms with Gasteiger partial charge >= 0.3 is 0 Å². The highest BCUT2D eigenvalue weighted by Crippen LogP contribution is 2.06. The van der Waals surface area contributed by atoms with Gasteiger partial charge in [-0.05, 0) is 12.8 Å². The fourth-order valence-corrected chi connectivity index (χ4v) is 1.09. The van der Waals surface area contributed by atoms with E-state index in [1.165, 1.54) is 12.8 Å². The molecule has 0 fully saturated rings. The van der Waals surface area contributed by atoms with Gasteiger partial charge in [-0.2, -0.15) is 0 Å². The molecular weight excluding hydrogens is 138 g/mol. The molecule has 0 aliphatic heterocycles. The van der Waals surface area contributed by atoms with Crippen molar-refractivity contribution in [1.29, 1.82) is 0 Å². The van der Waals surface area contributed by atoms with Crippen LogP contribution in [0.4, 0.5) is 0 Å². The number of hydrogen-bond acceptors (Lipinski definition) is 2. The van der Waals surface area contributed by atoms with Crippen molar-refractivity contribution < 1.29 is 5.11 Å². The summed E-state index contributed by atoms with van der Waals surface area (Å²) in [5.74, 6) is 0. The van der Waals surface area contributed by atoms with Crippen LogP contribution in [0.15, 0.2) is 0 Å². The minimum absolute atomic E-state index is 0.0214. The fourth-order valence-electron chi connectivity index (χ4n) is 1.09. The van der Waals surface area contributed by atoms with Gasteiger partial charge in [0, 0.05) is 6.04 Å². The number of nitrogens with two attached hydrogens (primary N) is 1. The Bertz CT molecular complexity index is 85.6. The van der Waals surface area contributed by atoms with Gasteiger partial charge in [-0.1, -0.05) is 33.1 Å². The highest BCUT2D eigenvalue weighted by Gasteiger charge is 2.10. The van der Waals surface area contributed by atoms with E-state index >= 15 is 0 Å². The molecule has 0 amide bonds. The third kappa shape index (κ3) is 5.22. The molecule has 0 aromatic heterocycles. The van der Waals surface area contributed by atoms with Crippen LogP contribution in [0.25, 0.3) is 0 Å². The normalized spacial score (nSPS) is 16.4. The van der Waals surface area contributed by atoms with E-state index in [-0.39, 0.29) is 12.1 Å². The van der Waals surface area contributed by atoms with Crippen molar-refractivity contribution in [2.45, 2.75) is 58.1 Å². The van der Waals surface area contributed by atoms with Gasteiger partial charge in [-0.3, -0.25) is 0 Å². The van der Waals surface area contributed by atoms with Crippen LogP contribution in [0.1, 0.15) is 46.0 Å². The Kier molecular flexibility index (Phi) is 6.57. The van der Waals surface area contributed by atoms with Crippen LogP contribution in [-0.2, 0) is 0 Å². The molecule has 0 radical (unpaired) electrons. The van der Waals surface area contributed by atoms with Crippen molar-refractivity contribution in [1.82, 2.24) is 0 Å². The number of rotatable bonds is 6. The third-order valence-corrected chi connectivity index (χ3v) is 2.07. The second-order valence-electron chi connectivity index (χ2n) is 3.14. The molecule has 11 heavy (non-hydrogen) atoms. The summed E-state index contributed by atoms with van der Waals surface area (Å²) in [6.07, 6.45) is 4.95. The van der Waals surface area contributed by atoms with E-state index in [9.17, 15) is 5.11 Å². The summed E-state index contributed by atoms with van der Waals surface area (Å²) in [6, 6.07) is -0.0214. The van der Waals surface area contributed by atoms with Gasteiger partial charge in [-0.25, -0.2) is 0 Å². The average molecular weight is 159 g/mol. The first kappa shape index (κ1) is 10.9. The summed E-state index contributed by atoms with van der Waals surface area (Å²) in [5, 5.41) is 9.42. The molecule has 0 saturated carbocycles. The molecule has 0 aliphatic rings. The molecular formula is C9H21NO. The third-order valence-electron chi connectivity index (χ3n) is 2.07. The molecule has 2 atom stereocenters. The Balaban J connectivity index is 3.28. The Labute approximate surface area is 69.8 Å². The maximum atomic E-state index is 9.42. The summed E-state index contributed by atoms with van der Waals surface area (Å²) < 4.78 is 0. The monoisotopic (exact) mass is 159 g/mol. The molecule has 2 nitrogen and oxygen atoms in total. The van der Waals surface area contributed by atoms with E-state index in [4.69, 9.17) is 5.73 Å². The van der Waals surface area contributed by atoms with Gasteiger partial charge in [0.25, 0.3) is 0 Å². The second-order valence-corrected chi connectivity index (χ2v) is 3.14. The lowest BCUT2D eigenvalue weighted by Gasteiger charge is -2.16. The zero-order valence-electron chi connectivity index (χ0n) is 7.71. The Morgan fingerprint density at radius 1 is 1.27 bits per heavy atom. The average Bonchev–Trinajstić information content (AvgIpc) is 2.03. The van der Waals surface area contributed by atoms with Gasteiger partial charge in [0.2, 0.25) is 0 Å². The first-order chi connectivity index (χ1) is 5.22. The zero-order chi connectivity index (χ0) is 8.69. The van der Waals surface area contributed by atoms with Crippen molar-refractivity contribution >= 4 is 0 Å². The smallest absolute Gasteiger partial charge is 0.0691 e. The topological polar surface area (TPSA) is 46.2 Å². The van der Waals surface area contributed by atoms with Crippen LogP contribution in [0.2, 0.25) is 0 Å². The standard InChI is InChI=1S/C9H21NO/c1-3-5-6-7-9(11)8(10)4-2/h8-9,11H,3-7,10H2,1-2H3. The molecule has 0 spiro atoms. The number of aliphatic hydroxyl groups excluding tert-OH is 1. The molecule has 0 saturated heterocycles. The largest absolute Gasteiger partial charge is 0.392 e. The first-order valence-corrected chi connectivity index (χ1v) is 4.66. The number of aliphatic hydroxyl groups is 1. The van der Waals surface area contributed by atoms with Crippen molar-refractivity contribution in [2.75, 3.05) is 0 Å². The van der Waals surface area contributed by atoms with E-state index in [2.05, 4.69) is 6.92 Å². The SMILES string of the molecule is CCCCCC(O)C(N)CC. The van der Waals surface area contributed by atoms with Crippen molar-refractivity contribution in [3.05, 3.63) is 0 Å². The second kappa shape index (κ2) is 6.62. The van der Waals surface area contributed by atoms with Crippen LogP contribution < -0.4 is 5.73 Å². The predicted octanol–water partition coefficient (Wildman–Crippen LogP) is 1.66. The van der Waals surface area contributed by atoms with Crippen LogP contribution in [-0.4, -0.2) is 17.3 Å². The van der Waals surface area contributed by atoms with E-state index in [1.54, 1.807) is 0 Å². The van der Waals surface area contributed by atoms with E-state index < -0.39 is 0 Å². The van der Waals surface area contributed by atoms with Crippen LogP contribution in [0.3, 0.4) is 0 Å². The molecule has 0 aromatic carbocycles. The Morgan fingerprint density at radius 3 is 2.36 bits per heavy atom. The molecule has 0 heterocycles. The van der Waals surface area contributed by atoms with Crippen LogP contribution >= 0.6 is 0 Å². The number of unbranched alkanes of at least 4 members (excludes halogenated alkanes) is 2. The minimum Gasteiger partial charge on any atom is -0.392 e. The summed E-state index contributed by atoms with van der Waals surface area (Å²) in [4.78, 5) is 0. The van der Waals surface area contributed by atoms with Gasteiger partial charge < -0.3 is 10.8 Å². The summed E-state index contributed by atoms with van der Waals surface area (Å²) >= 11 is 0. The first-order valence-electron chi connectivity index (χ1n) is 4.66. The number of hydrogen-bond donors (Lipinski definition) is 2. The highest BCUT2D eigenvalue weighted by molar-refractivity contribution is 4.69. The maximum Gasteiger partial charge on any atom is 0.0691 e. The Morgan fingerprint density at radius 2 is 1.91 bits per heavy atom. The maximum absolute atomic E-state index is 9.42. The van der Waals surface area contributed by atoms with Gasteiger partial charge in [0.15, 0.2) is 0 Å². The lowest BCUT2D eigenvalue weighted by Crippen LogP contribution is -2.33. The van der Waals surface area contributed by atoms with Crippen molar-refractivity contribution in [3.8, 4) is 0 Å². The van der Waals surface area contributed by atoms with E-state index in [0.717, 1.165) is 19.3 Å². The quantitative estimate of drug-likeness (QED) is 0.579. The lowest BCUT2D eigenvalue weighted by atomic mass is 10.0. The Hall–Kier alpha value is -0.0800. The van der Waals surface area contributed by atoms with Crippen molar-refractivity contribution in [3.63, 3.8) is 0 Å². The molecule has 2 unspecified atom stereocenters. The van der Waals surface area contributed by atoms with Crippen molar-refractivity contribution in [2.24, 2.45) is 5.73 Å². The molecule has 68 valence electrons.